The van der Waals surface area contributed by atoms with Crippen molar-refractivity contribution in [1.29, 1.82) is 15.8 Å². The normalized spacial score (nSPS) is 13.6. The fraction of sp³-hybridized carbons (Fsp3) is 0.174. The molecule has 30 heavy (non-hydrogen) atoms. The van der Waals surface area contributed by atoms with E-state index in [9.17, 15) is 0 Å². The van der Waals surface area contributed by atoms with E-state index in [1.165, 1.54) is 6.08 Å². The van der Waals surface area contributed by atoms with Crippen molar-refractivity contribution in [2.45, 2.75) is 0 Å². The third-order valence-electron chi connectivity index (χ3n) is 4.57. The van der Waals surface area contributed by atoms with Crippen LogP contribution in [0.3, 0.4) is 0 Å². The summed E-state index contributed by atoms with van der Waals surface area (Å²) in [6, 6.07) is 21.0. The molecule has 0 bridgehead atoms. The van der Waals surface area contributed by atoms with Crippen LogP contribution in [0, 0.1) is 34.0 Å². The van der Waals surface area contributed by atoms with E-state index in [2.05, 4.69) is 21.3 Å². The fourth-order valence-corrected chi connectivity index (χ4v) is 3.06. The smallest absolute Gasteiger partial charge is 0.136 e. The SMILES string of the molecule is N#CC(C#N)=c1ccc(=C2NCCN2)cc1.N#CC=c1ccc(=C2NCCN2)cc1. The second kappa shape index (κ2) is 10.2. The van der Waals surface area contributed by atoms with Gasteiger partial charge in [-0.3, -0.25) is 0 Å². The Morgan fingerprint density at radius 2 is 1.10 bits per heavy atom. The summed E-state index contributed by atoms with van der Waals surface area (Å²) in [6.45, 7) is 3.79. The maximum atomic E-state index is 8.72. The van der Waals surface area contributed by atoms with Gasteiger partial charge in [-0.2, -0.15) is 15.8 Å². The standard InChI is InChI=1S/C12H10N4.C11H11N3/c13-7-11(8-14)9-1-3-10(4-2-9)12-15-5-6-16-12;12-6-5-9-1-3-10(4-2-9)11-13-7-8-14-11/h1-4,15-16H,5-6H2;1-5,13-14H,7-8H2. The zero-order valence-corrected chi connectivity index (χ0v) is 16.4. The number of nitrogens with zero attached hydrogens (tertiary/aromatic N) is 3. The van der Waals surface area contributed by atoms with E-state index < -0.39 is 0 Å². The zero-order chi connectivity index (χ0) is 21.2. The first-order chi connectivity index (χ1) is 14.7. The summed E-state index contributed by atoms with van der Waals surface area (Å²) in [6.07, 6.45) is 1.53. The van der Waals surface area contributed by atoms with Crippen LogP contribution in [0.2, 0.25) is 0 Å². The van der Waals surface area contributed by atoms with Crippen molar-refractivity contribution in [1.82, 2.24) is 21.3 Å². The quantitative estimate of drug-likeness (QED) is 0.424. The lowest BCUT2D eigenvalue weighted by Crippen LogP contribution is -2.21. The topological polar surface area (TPSA) is 119 Å². The Labute approximate surface area is 174 Å². The number of hydrogen-bond donors (Lipinski definition) is 4. The van der Waals surface area contributed by atoms with E-state index >= 15 is 0 Å². The minimum atomic E-state index is 0.142. The molecule has 0 spiro atoms. The van der Waals surface area contributed by atoms with Crippen LogP contribution in [0.25, 0.3) is 23.3 Å². The van der Waals surface area contributed by atoms with Crippen molar-refractivity contribution in [3.8, 4) is 18.2 Å². The van der Waals surface area contributed by atoms with Gasteiger partial charge in [0, 0.05) is 47.9 Å². The summed E-state index contributed by atoms with van der Waals surface area (Å²) in [5, 5.41) is 42.6. The highest BCUT2D eigenvalue weighted by molar-refractivity contribution is 5.72. The second-order valence-corrected chi connectivity index (χ2v) is 6.53. The molecule has 4 N–H and O–H groups in total. The van der Waals surface area contributed by atoms with E-state index in [0.29, 0.717) is 5.22 Å². The van der Waals surface area contributed by atoms with Gasteiger partial charge in [0.2, 0.25) is 0 Å². The van der Waals surface area contributed by atoms with E-state index in [-0.39, 0.29) is 5.57 Å². The Kier molecular flexibility index (Phi) is 6.93. The van der Waals surface area contributed by atoms with Gasteiger partial charge in [-0.1, -0.05) is 48.5 Å². The molecule has 148 valence electrons. The predicted octanol–water partition coefficient (Wildman–Crippen LogP) is -1.61. The molecular weight excluding hydrogens is 374 g/mol. The third kappa shape index (κ3) is 5.10. The molecule has 0 atom stereocenters. The number of nitrogens with one attached hydrogen (secondary N) is 4. The van der Waals surface area contributed by atoms with Crippen LogP contribution >= 0.6 is 0 Å². The number of benzene rings is 2. The average molecular weight is 395 g/mol. The Bertz CT molecular complexity index is 1210. The van der Waals surface area contributed by atoms with Gasteiger partial charge >= 0.3 is 0 Å². The van der Waals surface area contributed by atoms with Gasteiger partial charge in [0.1, 0.15) is 29.4 Å². The van der Waals surface area contributed by atoms with Crippen LogP contribution in [0.15, 0.2) is 48.5 Å². The molecule has 0 saturated carbocycles. The van der Waals surface area contributed by atoms with Gasteiger partial charge in [-0.05, 0) is 5.22 Å². The molecule has 2 heterocycles. The molecule has 2 aliphatic rings. The molecule has 4 rings (SSSR count). The average Bonchev–Trinajstić information content (AvgIpc) is 3.51. The number of rotatable bonds is 0. The molecule has 0 radical (unpaired) electrons. The van der Waals surface area contributed by atoms with Crippen molar-refractivity contribution in [3.05, 3.63) is 69.4 Å². The van der Waals surface area contributed by atoms with Gasteiger partial charge < -0.3 is 21.3 Å². The summed E-state index contributed by atoms with van der Waals surface area (Å²) in [5.74, 6) is 2.08. The number of hydrogen-bond acceptors (Lipinski definition) is 7. The van der Waals surface area contributed by atoms with Gasteiger partial charge in [0.15, 0.2) is 0 Å². The molecular formula is C23H21N7. The van der Waals surface area contributed by atoms with E-state index in [1.807, 2.05) is 54.6 Å². The summed E-state index contributed by atoms with van der Waals surface area (Å²) >= 11 is 0. The lowest BCUT2D eigenvalue weighted by molar-refractivity contribution is 0.942. The minimum Gasteiger partial charge on any atom is -0.370 e. The first-order valence-corrected chi connectivity index (χ1v) is 9.56. The van der Waals surface area contributed by atoms with Gasteiger partial charge in [-0.15, -0.1) is 0 Å². The van der Waals surface area contributed by atoms with Gasteiger partial charge in [0.25, 0.3) is 0 Å². The Morgan fingerprint density at radius 1 is 0.667 bits per heavy atom. The molecule has 2 aliphatic heterocycles. The van der Waals surface area contributed by atoms with Crippen LogP contribution in [0.1, 0.15) is 0 Å². The summed E-state index contributed by atoms with van der Waals surface area (Å²) in [7, 11) is 0. The van der Waals surface area contributed by atoms with Crippen molar-refractivity contribution < 1.29 is 0 Å². The summed E-state index contributed by atoms with van der Waals surface area (Å²) in [5.41, 5.74) is 0.142. The van der Waals surface area contributed by atoms with E-state index in [0.717, 1.165) is 53.5 Å². The van der Waals surface area contributed by atoms with Crippen LogP contribution < -0.4 is 42.1 Å². The monoisotopic (exact) mass is 395 g/mol. The molecule has 0 aliphatic carbocycles. The van der Waals surface area contributed by atoms with E-state index in [4.69, 9.17) is 15.8 Å². The van der Waals surface area contributed by atoms with Gasteiger partial charge in [-0.25, -0.2) is 0 Å². The third-order valence-corrected chi connectivity index (χ3v) is 4.57. The molecule has 2 aromatic carbocycles. The molecule has 0 aromatic heterocycles. The van der Waals surface area contributed by atoms with Crippen LogP contribution in [0.5, 0.6) is 0 Å². The second-order valence-electron chi connectivity index (χ2n) is 6.53. The molecule has 2 fully saturated rings. The summed E-state index contributed by atoms with van der Waals surface area (Å²) < 4.78 is 0. The zero-order valence-electron chi connectivity index (χ0n) is 16.4. The van der Waals surface area contributed by atoms with Gasteiger partial charge in [0.05, 0.1) is 6.07 Å². The fourth-order valence-electron chi connectivity index (χ4n) is 3.06. The Balaban J connectivity index is 0.000000172. The van der Waals surface area contributed by atoms with Crippen LogP contribution in [-0.2, 0) is 0 Å². The molecule has 0 unspecified atom stereocenters. The maximum absolute atomic E-state index is 8.72. The molecule has 7 nitrogen and oxygen atoms in total. The lowest BCUT2D eigenvalue weighted by Gasteiger charge is -1.98. The van der Waals surface area contributed by atoms with Crippen LogP contribution in [0.4, 0.5) is 0 Å². The lowest BCUT2D eigenvalue weighted by atomic mass is 10.2. The van der Waals surface area contributed by atoms with Crippen molar-refractivity contribution in [2.24, 2.45) is 0 Å². The minimum absolute atomic E-state index is 0.142. The molecule has 2 aromatic rings. The first kappa shape index (κ1) is 20.3. The highest BCUT2D eigenvalue weighted by atomic mass is 15.2. The van der Waals surface area contributed by atoms with Crippen LogP contribution in [-0.4, -0.2) is 26.2 Å². The van der Waals surface area contributed by atoms with Crippen molar-refractivity contribution >= 4 is 23.3 Å². The Morgan fingerprint density at radius 3 is 1.50 bits per heavy atom. The first-order valence-electron chi connectivity index (χ1n) is 9.56. The molecule has 2 saturated heterocycles. The molecule has 7 heteroatoms. The summed E-state index contributed by atoms with van der Waals surface area (Å²) in [4.78, 5) is 0. The highest BCUT2D eigenvalue weighted by Gasteiger charge is 2.04. The predicted molar refractivity (Wildman–Crippen MR) is 115 cm³/mol. The van der Waals surface area contributed by atoms with Crippen molar-refractivity contribution in [2.75, 3.05) is 26.2 Å². The highest BCUT2D eigenvalue weighted by Crippen LogP contribution is 1.89. The number of nitriles is 3. The van der Waals surface area contributed by atoms with E-state index in [1.54, 1.807) is 12.1 Å². The largest absolute Gasteiger partial charge is 0.370 e. The Hall–Kier alpha value is -4.41. The molecule has 0 amide bonds. The maximum Gasteiger partial charge on any atom is 0.136 e. The van der Waals surface area contributed by atoms with Crippen molar-refractivity contribution in [3.63, 3.8) is 0 Å².